The Kier molecular flexibility index (Phi) is 18.8. The van der Waals surface area contributed by atoms with E-state index >= 15 is 0 Å². The number of esters is 2. The first-order chi connectivity index (χ1) is 40.7. The van der Waals surface area contributed by atoms with Crippen molar-refractivity contribution in [2.24, 2.45) is 41.8 Å². The number of para-hydroxylation sites is 3. The van der Waals surface area contributed by atoms with Crippen LogP contribution < -0.4 is 33.2 Å². The van der Waals surface area contributed by atoms with E-state index in [1.54, 1.807) is 99.6 Å². The summed E-state index contributed by atoms with van der Waals surface area (Å²) in [5, 5.41) is 75.7. The van der Waals surface area contributed by atoms with E-state index in [0.717, 1.165) is 19.5 Å². The number of anilines is 5. The highest BCUT2D eigenvalue weighted by Gasteiger charge is 2.32. The maximum atomic E-state index is 13.1. The Morgan fingerprint density at radius 1 is 0.616 bits per heavy atom. The number of nitrogens with zero attached hydrogens (tertiary/aromatic N) is 15. The molecule has 29 nitrogen and oxygen atoms in total. The summed E-state index contributed by atoms with van der Waals surface area (Å²) in [7, 11) is 2.38. The first-order valence-electron chi connectivity index (χ1n) is 26.3. The summed E-state index contributed by atoms with van der Waals surface area (Å²) >= 11 is 0. The van der Waals surface area contributed by atoms with Gasteiger partial charge in [-0.3, -0.25) is 4.79 Å². The molecule has 0 saturated carbocycles. The maximum absolute atomic E-state index is 13.1. The number of Topliss-reactive ketones (excluding diaryl/α,β-unsaturated/α-hetero) is 1. The number of nitrogens with one attached hydrogen (secondary N) is 6. The fourth-order valence-corrected chi connectivity index (χ4v) is 7.76. The third-order valence-corrected chi connectivity index (χ3v) is 12.2. The van der Waals surface area contributed by atoms with Crippen LogP contribution in [0.2, 0.25) is 0 Å². The van der Waals surface area contributed by atoms with Crippen molar-refractivity contribution in [1.29, 1.82) is 16.2 Å². The van der Waals surface area contributed by atoms with Crippen LogP contribution in [0.1, 0.15) is 91.0 Å². The Labute approximate surface area is 494 Å². The number of nitrogen functional groups attached to an aromatic ring is 2. The summed E-state index contributed by atoms with van der Waals surface area (Å²) in [6.45, 7) is 17.7. The van der Waals surface area contributed by atoms with E-state index in [-0.39, 0.29) is 97.9 Å². The van der Waals surface area contributed by atoms with Gasteiger partial charge in [-0.25, -0.2) is 14.3 Å². The van der Waals surface area contributed by atoms with E-state index in [1.165, 1.54) is 34.3 Å². The predicted molar refractivity (Wildman–Crippen MR) is 325 cm³/mol. The van der Waals surface area contributed by atoms with Gasteiger partial charge in [0.2, 0.25) is 5.95 Å². The summed E-state index contributed by atoms with van der Waals surface area (Å²) in [6.07, 6.45) is 2.92. The van der Waals surface area contributed by atoms with Crippen LogP contribution in [0.4, 0.5) is 46.2 Å². The lowest BCUT2D eigenvalue weighted by molar-refractivity contribution is -0.135. The maximum Gasteiger partial charge on any atom is 0.343 e. The number of carbonyl (C=O) groups is 3. The smallest absolute Gasteiger partial charge is 0.343 e. The van der Waals surface area contributed by atoms with Crippen molar-refractivity contribution in [3.8, 4) is 17.6 Å². The summed E-state index contributed by atoms with van der Waals surface area (Å²) in [6, 6.07) is 26.5. The van der Waals surface area contributed by atoms with E-state index in [1.807, 2.05) is 53.7 Å². The van der Waals surface area contributed by atoms with E-state index in [0.29, 0.717) is 22.8 Å². The van der Waals surface area contributed by atoms with Crippen molar-refractivity contribution in [1.82, 2.24) is 44.3 Å². The molecule has 0 atom stereocenters. The standard InChI is InChI=1S/C57H66N24O5/c1-31(82)35(28-58)47(65-32-22-16-13-17-23-32)74-72-39-42(56(5,6)7)77-80(45(39)62)53-68-52(67-44(61)38(41(60)55(2,3)4)71-75-48(36(29-59)50(83)85-11)66-33-24-18-14-19-25-33)69-54(70-53)81-46(63)40(43(78-81)57(8,9)10)73-76-49-37(51(84)86-12)30-64-79(49)34-26-20-15-21-27-34/h13-30,58-60,65-66H,61-63H2,1-12H3,(H,67,68,69,70)/b44-38+,47-35-,48-36-,58-28?,59-29?,60-41?,74-72+,75-71+,76-73+. The quantitative estimate of drug-likeness (QED) is 0.0140. The number of hydrogen-bond donors (Lipinski definition) is 9. The molecule has 0 radical (unpaired) electrons. The highest BCUT2D eigenvalue weighted by molar-refractivity contribution is 6.12. The van der Waals surface area contributed by atoms with Gasteiger partial charge >= 0.3 is 11.9 Å². The molecule has 29 heteroatoms. The van der Waals surface area contributed by atoms with Crippen LogP contribution in [0.5, 0.6) is 0 Å². The largest absolute Gasteiger partial charge is 0.465 e. The fraction of sp³-hybridized carbons (Fsp3) is 0.263. The molecule has 0 amide bonds. The molecule has 4 heterocycles. The number of ketones is 1. The van der Waals surface area contributed by atoms with Crippen LogP contribution in [0.15, 0.2) is 162 Å². The Morgan fingerprint density at radius 2 is 1.10 bits per heavy atom. The summed E-state index contributed by atoms with van der Waals surface area (Å²) in [4.78, 5) is 53.3. The Balaban J connectivity index is 1.49. The molecule has 0 aliphatic heterocycles. The summed E-state index contributed by atoms with van der Waals surface area (Å²) in [5.41, 5.74) is 19.9. The fourth-order valence-electron chi connectivity index (χ4n) is 7.76. The minimum atomic E-state index is -0.943. The Bertz CT molecular complexity index is 3920. The van der Waals surface area contributed by atoms with Gasteiger partial charge in [-0.05, 0) is 43.3 Å². The Hall–Kier alpha value is -11.3. The number of methoxy groups -OCH3 is 2. The van der Waals surface area contributed by atoms with Crippen molar-refractivity contribution in [2.45, 2.75) is 80.1 Å². The highest BCUT2D eigenvalue weighted by atomic mass is 16.5. The molecule has 0 saturated heterocycles. The molecule has 0 bridgehead atoms. The number of allylic oxidation sites excluding steroid dienone is 2. The molecule has 3 aromatic carbocycles. The minimum absolute atomic E-state index is 0.00248. The number of carbonyl (C=O) groups excluding carboxylic acids is 3. The van der Waals surface area contributed by atoms with Crippen molar-refractivity contribution in [3.05, 3.63) is 148 Å². The zero-order valence-electron chi connectivity index (χ0n) is 49.4. The summed E-state index contributed by atoms with van der Waals surface area (Å²) < 4.78 is 13.8. The average Bonchev–Trinajstić information content (AvgIpc) is 1.89. The molecular weight excluding hydrogens is 1100 g/mol. The van der Waals surface area contributed by atoms with Crippen molar-refractivity contribution >= 4 is 82.0 Å². The topological polar surface area (TPSA) is 422 Å². The molecular formula is C57H66N24O5. The van der Waals surface area contributed by atoms with Gasteiger partial charge in [0.1, 0.15) is 22.7 Å². The highest BCUT2D eigenvalue weighted by Crippen LogP contribution is 2.40. The number of rotatable bonds is 21. The third-order valence-electron chi connectivity index (χ3n) is 12.2. The average molecular weight is 1170 g/mol. The monoisotopic (exact) mass is 1170 g/mol. The summed E-state index contributed by atoms with van der Waals surface area (Å²) in [5.74, 6) is -3.86. The molecule has 4 aromatic heterocycles. The number of azo groups is 3. The minimum Gasteiger partial charge on any atom is -0.465 e. The van der Waals surface area contributed by atoms with Crippen LogP contribution in [-0.4, -0.2) is 94.4 Å². The molecule has 0 fully saturated rings. The van der Waals surface area contributed by atoms with Crippen LogP contribution in [0, 0.1) is 21.6 Å². The number of hydrogen-bond acceptors (Lipinski definition) is 26. The van der Waals surface area contributed by atoms with Crippen molar-refractivity contribution < 1.29 is 23.9 Å². The molecule has 12 N–H and O–H groups in total. The lowest BCUT2D eigenvalue weighted by Gasteiger charge is -2.21. The number of aromatic nitrogens is 9. The van der Waals surface area contributed by atoms with E-state index < -0.39 is 34.0 Å². The normalized spacial score (nSPS) is 13.0. The van der Waals surface area contributed by atoms with E-state index in [4.69, 9.17) is 62.6 Å². The van der Waals surface area contributed by atoms with Crippen LogP contribution in [-0.2, 0) is 29.9 Å². The zero-order chi connectivity index (χ0) is 62.8. The van der Waals surface area contributed by atoms with E-state index in [2.05, 4.69) is 51.7 Å². The van der Waals surface area contributed by atoms with Gasteiger partial charge < -0.3 is 58.9 Å². The van der Waals surface area contributed by atoms with Gasteiger partial charge in [0.15, 0.2) is 46.3 Å². The van der Waals surface area contributed by atoms with Crippen molar-refractivity contribution in [2.75, 3.05) is 41.6 Å². The molecule has 444 valence electrons. The van der Waals surface area contributed by atoms with Gasteiger partial charge in [-0.15, -0.1) is 30.7 Å². The predicted octanol–water partition coefficient (Wildman–Crippen LogP) is 10.2. The van der Waals surface area contributed by atoms with Gasteiger partial charge in [-0.1, -0.05) is 117 Å². The first-order valence-corrected chi connectivity index (χ1v) is 26.3. The lowest BCUT2D eigenvalue weighted by atomic mass is 9.88. The SMILES string of the molecule is COC(=O)\C(C=N)=C(/N=N/C(C(=N)C(C)(C)C)=C(\N)Nc1nc(-n2nc(C(C)(C)C)c(/N=N/C(Nc3ccccc3)=C(/C=N)C(C)=O)c2N)nc(-n2nc(C(C)(C)C)c(/N=N/c3c(C(=O)OC)cnn3-c3ccccc3)c2N)n1)Nc1ccccc1. The Morgan fingerprint density at radius 3 is 1.56 bits per heavy atom. The molecule has 0 spiro atoms. The first kappa shape index (κ1) is 62.3. The number of nitrogens with two attached hydrogens (primary N) is 3. The zero-order valence-corrected chi connectivity index (χ0v) is 49.4. The van der Waals surface area contributed by atoms with Crippen LogP contribution >= 0.6 is 0 Å². The number of ether oxygens (including phenoxy) is 2. The second kappa shape index (κ2) is 25.9. The second-order valence-electron chi connectivity index (χ2n) is 21.8. The third kappa shape index (κ3) is 14.1. The van der Waals surface area contributed by atoms with Gasteiger partial charge in [-0.2, -0.15) is 39.6 Å². The van der Waals surface area contributed by atoms with Gasteiger partial charge in [0.05, 0.1) is 48.8 Å². The second-order valence-corrected chi connectivity index (χ2v) is 21.8. The van der Waals surface area contributed by atoms with E-state index in [9.17, 15) is 19.8 Å². The molecule has 7 rings (SSSR count). The van der Waals surface area contributed by atoms with Crippen LogP contribution in [0.25, 0.3) is 17.6 Å². The van der Waals surface area contributed by atoms with Gasteiger partial charge in [0.25, 0.3) is 11.9 Å². The molecule has 0 unspecified atom stereocenters. The molecule has 86 heavy (non-hydrogen) atoms. The van der Waals surface area contributed by atoms with Crippen LogP contribution in [0.3, 0.4) is 0 Å². The molecule has 0 aliphatic carbocycles. The molecule has 0 aliphatic rings. The lowest BCUT2D eigenvalue weighted by Crippen LogP contribution is -2.26. The molecule has 7 aromatic rings. The van der Waals surface area contributed by atoms with Gasteiger partial charge in [0, 0.05) is 40.0 Å². The number of benzene rings is 3. The van der Waals surface area contributed by atoms with Crippen molar-refractivity contribution in [3.63, 3.8) is 0 Å².